The summed E-state index contributed by atoms with van der Waals surface area (Å²) in [6.45, 7) is 2.63. The molecule has 0 amide bonds. The van der Waals surface area contributed by atoms with Crippen LogP contribution in [0.4, 0.5) is 0 Å². The van der Waals surface area contributed by atoms with Gasteiger partial charge in [0.05, 0.1) is 12.1 Å². The van der Waals surface area contributed by atoms with Crippen molar-refractivity contribution in [2.45, 2.75) is 19.4 Å². The van der Waals surface area contributed by atoms with Crippen molar-refractivity contribution in [3.8, 4) is 5.75 Å². The van der Waals surface area contributed by atoms with E-state index in [-0.39, 0.29) is 6.04 Å². The average Bonchev–Trinajstić information content (AvgIpc) is 2.28. The smallest absolute Gasteiger partial charge is 0.121 e. The Morgan fingerprint density at radius 2 is 2.25 bits per heavy atom. The Morgan fingerprint density at radius 1 is 1.38 bits per heavy atom. The van der Waals surface area contributed by atoms with Gasteiger partial charge < -0.3 is 10.5 Å². The molecule has 0 spiro atoms. The van der Waals surface area contributed by atoms with Crippen LogP contribution in [0.5, 0.6) is 5.75 Å². The van der Waals surface area contributed by atoms with Gasteiger partial charge in [-0.25, -0.2) is 0 Å². The van der Waals surface area contributed by atoms with Crippen LogP contribution in [0.2, 0.25) is 0 Å². The van der Waals surface area contributed by atoms with Gasteiger partial charge in [0.15, 0.2) is 0 Å². The highest BCUT2D eigenvalue weighted by molar-refractivity contribution is 5.79. The van der Waals surface area contributed by atoms with E-state index >= 15 is 0 Å². The number of ether oxygens (including phenoxy) is 1. The van der Waals surface area contributed by atoms with Crippen LogP contribution in [0.1, 0.15) is 13.3 Å². The molecule has 84 valence electrons. The number of hydrogen-bond acceptors (Lipinski definition) is 3. The Balaban J connectivity index is 2.08. The summed E-state index contributed by atoms with van der Waals surface area (Å²) in [6.07, 6.45) is 2.65. The van der Waals surface area contributed by atoms with Gasteiger partial charge >= 0.3 is 0 Å². The summed E-state index contributed by atoms with van der Waals surface area (Å²) in [5.41, 5.74) is 6.61. The number of hydrogen-bond donors (Lipinski definition) is 1. The molecule has 1 unspecified atom stereocenters. The van der Waals surface area contributed by atoms with Crippen LogP contribution in [0.25, 0.3) is 10.9 Å². The first kappa shape index (κ1) is 10.9. The first-order valence-electron chi connectivity index (χ1n) is 5.49. The van der Waals surface area contributed by atoms with E-state index < -0.39 is 0 Å². The van der Waals surface area contributed by atoms with Gasteiger partial charge in [-0.05, 0) is 31.5 Å². The SMILES string of the molecule is CC(N)CCOc1ccc2cccnc2c1. The average molecular weight is 216 g/mol. The molecule has 0 radical (unpaired) electrons. The molecule has 0 saturated heterocycles. The van der Waals surface area contributed by atoms with Crippen LogP contribution in [0.3, 0.4) is 0 Å². The van der Waals surface area contributed by atoms with E-state index in [2.05, 4.69) is 4.98 Å². The van der Waals surface area contributed by atoms with Crippen LogP contribution < -0.4 is 10.5 Å². The third-order valence-electron chi connectivity index (χ3n) is 2.42. The molecule has 0 fully saturated rings. The van der Waals surface area contributed by atoms with Crippen molar-refractivity contribution in [1.82, 2.24) is 4.98 Å². The van der Waals surface area contributed by atoms with Crippen LogP contribution >= 0.6 is 0 Å². The number of aromatic nitrogens is 1. The van der Waals surface area contributed by atoms with Crippen molar-refractivity contribution in [3.05, 3.63) is 36.5 Å². The Kier molecular flexibility index (Phi) is 3.37. The second kappa shape index (κ2) is 4.94. The Bertz CT molecular complexity index is 468. The zero-order chi connectivity index (χ0) is 11.4. The summed E-state index contributed by atoms with van der Waals surface area (Å²) in [5, 5.41) is 1.13. The van der Waals surface area contributed by atoms with Crippen molar-refractivity contribution in [2.75, 3.05) is 6.61 Å². The molecule has 2 rings (SSSR count). The van der Waals surface area contributed by atoms with Crippen molar-refractivity contribution in [3.63, 3.8) is 0 Å². The van der Waals surface area contributed by atoms with Crippen LogP contribution in [0, 0.1) is 0 Å². The first-order valence-corrected chi connectivity index (χ1v) is 5.49. The van der Waals surface area contributed by atoms with E-state index in [0.29, 0.717) is 6.61 Å². The fourth-order valence-corrected chi connectivity index (χ4v) is 1.50. The zero-order valence-electron chi connectivity index (χ0n) is 9.39. The van der Waals surface area contributed by atoms with Gasteiger partial charge in [0.25, 0.3) is 0 Å². The third-order valence-corrected chi connectivity index (χ3v) is 2.42. The number of nitrogens with zero attached hydrogens (tertiary/aromatic N) is 1. The van der Waals surface area contributed by atoms with Crippen molar-refractivity contribution in [2.24, 2.45) is 5.73 Å². The maximum atomic E-state index is 5.65. The minimum Gasteiger partial charge on any atom is -0.493 e. The lowest BCUT2D eigenvalue weighted by molar-refractivity contribution is 0.301. The highest BCUT2D eigenvalue weighted by atomic mass is 16.5. The van der Waals surface area contributed by atoms with E-state index in [1.54, 1.807) is 6.20 Å². The number of rotatable bonds is 4. The maximum Gasteiger partial charge on any atom is 0.121 e. The molecule has 3 nitrogen and oxygen atoms in total. The van der Waals surface area contributed by atoms with Crippen LogP contribution in [-0.2, 0) is 0 Å². The molecule has 0 aliphatic rings. The zero-order valence-corrected chi connectivity index (χ0v) is 9.39. The van der Waals surface area contributed by atoms with Crippen LogP contribution in [-0.4, -0.2) is 17.6 Å². The quantitative estimate of drug-likeness (QED) is 0.853. The van der Waals surface area contributed by atoms with Gasteiger partial charge in [0, 0.05) is 23.7 Å². The second-order valence-electron chi connectivity index (χ2n) is 3.97. The summed E-state index contributed by atoms with van der Waals surface area (Å²) in [7, 11) is 0. The second-order valence-corrected chi connectivity index (χ2v) is 3.97. The predicted molar refractivity (Wildman–Crippen MR) is 65.5 cm³/mol. The lowest BCUT2D eigenvalue weighted by Gasteiger charge is -2.08. The van der Waals surface area contributed by atoms with Gasteiger partial charge in [-0.15, -0.1) is 0 Å². The molecule has 2 aromatic rings. The van der Waals surface area contributed by atoms with Crippen molar-refractivity contribution < 1.29 is 4.74 Å². The lowest BCUT2D eigenvalue weighted by atomic mass is 10.2. The minimum atomic E-state index is 0.179. The Labute approximate surface area is 95.2 Å². The molecule has 16 heavy (non-hydrogen) atoms. The van der Waals surface area contributed by atoms with Gasteiger partial charge in [-0.2, -0.15) is 0 Å². The normalized spacial score (nSPS) is 12.6. The van der Waals surface area contributed by atoms with Crippen molar-refractivity contribution in [1.29, 1.82) is 0 Å². The summed E-state index contributed by atoms with van der Waals surface area (Å²) in [6, 6.07) is 10.1. The summed E-state index contributed by atoms with van der Waals surface area (Å²) in [5.74, 6) is 0.854. The van der Waals surface area contributed by atoms with E-state index in [0.717, 1.165) is 23.1 Å². The highest BCUT2D eigenvalue weighted by Crippen LogP contribution is 2.18. The molecule has 0 aliphatic heterocycles. The molecular formula is C13H16N2O. The topological polar surface area (TPSA) is 48.1 Å². The van der Waals surface area contributed by atoms with Crippen LogP contribution in [0.15, 0.2) is 36.5 Å². The fourth-order valence-electron chi connectivity index (χ4n) is 1.50. The van der Waals surface area contributed by atoms with E-state index in [1.165, 1.54) is 0 Å². The summed E-state index contributed by atoms with van der Waals surface area (Å²) in [4.78, 5) is 4.28. The first-order chi connectivity index (χ1) is 7.75. The Hall–Kier alpha value is -1.61. The summed E-state index contributed by atoms with van der Waals surface area (Å²) >= 11 is 0. The highest BCUT2D eigenvalue weighted by Gasteiger charge is 1.99. The van der Waals surface area contributed by atoms with Gasteiger partial charge in [0.2, 0.25) is 0 Å². The van der Waals surface area contributed by atoms with Gasteiger partial charge in [-0.3, -0.25) is 4.98 Å². The number of fused-ring (bicyclic) bond motifs is 1. The largest absolute Gasteiger partial charge is 0.493 e. The molecule has 1 aromatic heterocycles. The lowest BCUT2D eigenvalue weighted by Crippen LogP contribution is -2.18. The molecule has 0 bridgehead atoms. The summed E-state index contributed by atoms with van der Waals surface area (Å²) < 4.78 is 5.60. The van der Waals surface area contributed by atoms with E-state index in [1.807, 2.05) is 37.3 Å². The molecular weight excluding hydrogens is 200 g/mol. The molecule has 0 saturated carbocycles. The molecule has 2 N–H and O–H groups in total. The third kappa shape index (κ3) is 2.70. The standard InChI is InChI=1S/C13H16N2O/c1-10(14)6-8-16-12-5-4-11-3-2-7-15-13(11)9-12/h2-5,7,9-10H,6,8,14H2,1H3. The molecule has 1 aromatic carbocycles. The minimum absolute atomic E-state index is 0.179. The number of pyridine rings is 1. The predicted octanol–water partition coefficient (Wildman–Crippen LogP) is 2.35. The molecule has 0 aliphatic carbocycles. The fraction of sp³-hybridized carbons (Fsp3) is 0.308. The van der Waals surface area contributed by atoms with Crippen molar-refractivity contribution >= 4 is 10.9 Å². The molecule has 3 heteroatoms. The number of nitrogens with two attached hydrogens (primary N) is 1. The molecule has 1 heterocycles. The van der Waals surface area contributed by atoms with E-state index in [9.17, 15) is 0 Å². The monoisotopic (exact) mass is 216 g/mol. The van der Waals surface area contributed by atoms with Gasteiger partial charge in [-0.1, -0.05) is 6.07 Å². The number of benzene rings is 1. The maximum absolute atomic E-state index is 5.65. The van der Waals surface area contributed by atoms with Gasteiger partial charge in [0.1, 0.15) is 5.75 Å². The molecule has 1 atom stereocenters. The van der Waals surface area contributed by atoms with E-state index in [4.69, 9.17) is 10.5 Å². The Morgan fingerprint density at radius 3 is 3.06 bits per heavy atom.